The SMILES string of the molecule is Cc1cccc(S(=O)(=O)NC2(OC(F)F)CC(c3cccc(F)c3)=CC=C2F)c1. The predicted octanol–water partition coefficient (Wildman–Crippen LogP) is 4.69. The van der Waals surface area contributed by atoms with Crippen LogP contribution in [0.5, 0.6) is 0 Å². The van der Waals surface area contributed by atoms with Crippen molar-refractivity contribution in [3.05, 3.63) is 83.5 Å². The van der Waals surface area contributed by atoms with Crippen molar-refractivity contribution in [1.82, 2.24) is 4.72 Å². The Morgan fingerprint density at radius 2 is 1.79 bits per heavy atom. The van der Waals surface area contributed by atoms with E-state index >= 15 is 0 Å². The van der Waals surface area contributed by atoms with Gasteiger partial charge in [0.25, 0.3) is 0 Å². The van der Waals surface area contributed by atoms with Gasteiger partial charge in [-0.3, -0.25) is 4.74 Å². The summed E-state index contributed by atoms with van der Waals surface area (Å²) in [6.07, 6.45) is 1.48. The summed E-state index contributed by atoms with van der Waals surface area (Å²) in [6.45, 7) is -1.82. The van der Waals surface area contributed by atoms with Gasteiger partial charge >= 0.3 is 6.61 Å². The summed E-state index contributed by atoms with van der Waals surface area (Å²) in [4.78, 5) is -0.232. The smallest absolute Gasteiger partial charge is 0.293 e. The molecule has 4 nitrogen and oxygen atoms in total. The quantitative estimate of drug-likeness (QED) is 0.538. The van der Waals surface area contributed by atoms with Gasteiger partial charge < -0.3 is 0 Å². The number of allylic oxidation sites excluding steroid dienone is 2. The lowest BCUT2D eigenvalue weighted by atomic mass is 9.91. The van der Waals surface area contributed by atoms with Crippen LogP contribution >= 0.6 is 0 Å². The monoisotopic (exact) mass is 427 g/mol. The van der Waals surface area contributed by atoms with Crippen LogP contribution in [-0.2, 0) is 14.8 Å². The van der Waals surface area contributed by atoms with Crippen LogP contribution in [-0.4, -0.2) is 20.8 Å². The number of rotatable bonds is 6. The number of sulfonamides is 1. The second kappa shape index (κ2) is 8.10. The molecule has 0 fully saturated rings. The standard InChI is InChI=1S/C20H17F4NO3S/c1-13-4-2-7-17(10-13)29(26,27)25-20(28-19(23)24)12-15(8-9-18(20)22)14-5-3-6-16(21)11-14/h2-11,19,25H,12H2,1H3. The van der Waals surface area contributed by atoms with Crippen molar-refractivity contribution in [3.8, 4) is 0 Å². The third kappa shape index (κ3) is 4.75. The lowest BCUT2D eigenvalue weighted by Crippen LogP contribution is -2.53. The van der Waals surface area contributed by atoms with Crippen molar-refractivity contribution >= 4 is 15.6 Å². The molecule has 154 valence electrons. The van der Waals surface area contributed by atoms with E-state index in [4.69, 9.17) is 0 Å². The molecule has 0 saturated heterocycles. The minimum Gasteiger partial charge on any atom is -0.293 e. The fourth-order valence-corrected chi connectivity index (χ4v) is 4.39. The third-order valence-electron chi connectivity index (χ3n) is 4.34. The lowest BCUT2D eigenvalue weighted by Gasteiger charge is -2.35. The molecule has 0 aromatic heterocycles. The van der Waals surface area contributed by atoms with Crippen LogP contribution in [0.1, 0.15) is 17.5 Å². The van der Waals surface area contributed by atoms with Crippen LogP contribution in [0.25, 0.3) is 5.57 Å². The molecule has 0 aliphatic heterocycles. The van der Waals surface area contributed by atoms with E-state index < -0.39 is 40.4 Å². The van der Waals surface area contributed by atoms with E-state index in [1.54, 1.807) is 13.0 Å². The van der Waals surface area contributed by atoms with Crippen LogP contribution in [0.2, 0.25) is 0 Å². The molecule has 0 spiro atoms. The Kier molecular flexibility index (Phi) is 5.92. The Hall–Kier alpha value is -2.49. The van der Waals surface area contributed by atoms with Gasteiger partial charge in [-0.05, 0) is 54.0 Å². The molecule has 0 bridgehead atoms. The zero-order chi connectivity index (χ0) is 21.2. The summed E-state index contributed by atoms with van der Waals surface area (Å²) in [7, 11) is -4.42. The highest BCUT2D eigenvalue weighted by Crippen LogP contribution is 2.38. The molecule has 1 aliphatic carbocycles. The highest BCUT2D eigenvalue weighted by Gasteiger charge is 2.45. The van der Waals surface area contributed by atoms with Gasteiger partial charge in [-0.2, -0.15) is 13.5 Å². The Bertz CT molecular complexity index is 1080. The van der Waals surface area contributed by atoms with Gasteiger partial charge in [0, 0.05) is 6.42 Å². The van der Waals surface area contributed by atoms with E-state index in [0.717, 1.165) is 12.1 Å². The molecular weight excluding hydrogens is 410 g/mol. The van der Waals surface area contributed by atoms with Gasteiger partial charge in [0.05, 0.1) is 4.90 Å². The van der Waals surface area contributed by atoms with E-state index in [-0.39, 0.29) is 16.0 Å². The summed E-state index contributed by atoms with van der Waals surface area (Å²) >= 11 is 0. The summed E-state index contributed by atoms with van der Waals surface area (Å²) in [5, 5.41) is 0. The summed E-state index contributed by atoms with van der Waals surface area (Å²) in [5.74, 6) is -1.83. The second-order valence-corrected chi connectivity index (χ2v) is 8.20. The Labute approximate surface area is 165 Å². The van der Waals surface area contributed by atoms with Gasteiger partial charge in [0.15, 0.2) is 5.72 Å². The largest absolute Gasteiger partial charge is 0.347 e. The average Bonchev–Trinajstić information content (AvgIpc) is 2.63. The summed E-state index contributed by atoms with van der Waals surface area (Å²) in [6, 6.07) is 10.9. The Morgan fingerprint density at radius 3 is 2.45 bits per heavy atom. The van der Waals surface area contributed by atoms with Crippen LogP contribution in [0.3, 0.4) is 0 Å². The molecule has 0 amide bonds. The number of benzene rings is 2. The molecule has 1 aliphatic rings. The first kappa shape index (κ1) is 21.2. The topological polar surface area (TPSA) is 55.4 Å². The van der Waals surface area contributed by atoms with E-state index in [0.29, 0.717) is 5.56 Å². The number of hydrogen-bond donors (Lipinski definition) is 1. The first-order valence-electron chi connectivity index (χ1n) is 8.51. The summed E-state index contributed by atoms with van der Waals surface area (Å²) in [5.41, 5.74) is -1.56. The molecule has 29 heavy (non-hydrogen) atoms. The number of nitrogens with one attached hydrogen (secondary N) is 1. The second-order valence-electron chi connectivity index (χ2n) is 6.52. The highest BCUT2D eigenvalue weighted by molar-refractivity contribution is 7.89. The molecule has 9 heteroatoms. The normalized spacial score (nSPS) is 19.8. The van der Waals surface area contributed by atoms with Crippen molar-refractivity contribution in [2.24, 2.45) is 0 Å². The fraction of sp³-hybridized carbons (Fsp3) is 0.200. The zero-order valence-corrected chi connectivity index (χ0v) is 16.0. The average molecular weight is 427 g/mol. The number of halogens is 4. The number of alkyl halides is 2. The third-order valence-corrected chi connectivity index (χ3v) is 5.81. The maximum absolute atomic E-state index is 14.7. The molecule has 0 heterocycles. The van der Waals surface area contributed by atoms with Crippen LogP contribution in [0.15, 0.2) is 71.4 Å². The molecule has 2 aromatic rings. The van der Waals surface area contributed by atoms with Gasteiger partial charge in [-0.25, -0.2) is 17.2 Å². The van der Waals surface area contributed by atoms with Crippen molar-refractivity contribution in [1.29, 1.82) is 0 Å². The van der Waals surface area contributed by atoms with Crippen molar-refractivity contribution in [2.45, 2.75) is 30.6 Å². The van der Waals surface area contributed by atoms with Crippen molar-refractivity contribution in [3.63, 3.8) is 0 Å². The van der Waals surface area contributed by atoms with E-state index in [1.807, 2.05) is 4.72 Å². The van der Waals surface area contributed by atoms with Crippen molar-refractivity contribution < 1.29 is 30.7 Å². The number of ether oxygens (including phenoxy) is 1. The molecule has 1 unspecified atom stereocenters. The van der Waals surface area contributed by atoms with Gasteiger partial charge in [-0.15, -0.1) is 0 Å². The minimum absolute atomic E-state index is 0.221. The van der Waals surface area contributed by atoms with Crippen LogP contribution < -0.4 is 4.72 Å². The molecule has 0 saturated carbocycles. The molecular formula is C20H17F4NO3S. The zero-order valence-electron chi connectivity index (χ0n) is 15.2. The van der Waals surface area contributed by atoms with E-state index in [1.165, 1.54) is 42.5 Å². The Balaban J connectivity index is 2.02. The van der Waals surface area contributed by atoms with E-state index in [2.05, 4.69) is 4.74 Å². The fourth-order valence-electron chi connectivity index (χ4n) is 3.02. The van der Waals surface area contributed by atoms with Gasteiger partial charge in [0.2, 0.25) is 10.0 Å². The van der Waals surface area contributed by atoms with Crippen LogP contribution in [0, 0.1) is 12.7 Å². The lowest BCUT2D eigenvalue weighted by molar-refractivity contribution is -0.203. The molecule has 3 rings (SSSR count). The first-order chi connectivity index (χ1) is 13.6. The minimum atomic E-state index is -4.42. The first-order valence-corrected chi connectivity index (χ1v) is 9.99. The molecule has 1 N–H and O–H groups in total. The van der Waals surface area contributed by atoms with Gasteiger partial charge in [0.1, 0.15) is 11.6 Å². The molecule has 1 atom stereocenters. The maximum atomic E-state index is 14.7. The number of aryl methyl sites for hydroxylation is 1. The number of hydrogen-bond acceptors (Lipinski definition) is 3. The Morgan fingerprint density at radius 1 is 1.07 bits per heavy atom. The van der Waals surface area contributed by atoms with Crippen LogP contribution in [0.4, 0.5) is 17.6 Å². The van der Waals surface area contributed by atoms with Gasteiger partial charge in [-0.1, -0.05) is 30.3 Å². The highest BCUT2D eigenvalue weighted by atomic mass is 32.2. The molecule has 0 radical (unpaired) electrons. The predicted molar refractivity (Wildman–Crippen MR) is 99.5 cm³/mol. The van der Waals surface area contributed by atoms with E-state index in [9.17, 15) is 26.0 Å². The van der Waals surface area contributed by atoms with Crippen molar-refractivity contribution in [2.75, 3.05) is 0 Å². The summed E-state index contributed by atoms with van der Waals surface area (Å²) < 4.78 is 86.5. The molecule has 2 aromatic carbocycles. The maximum Gasteiger partial charge on any atom is 0.347 e.